The Bertz CT molecular complexity index is 1120. The summed E-state index contributed by atoms with van der Waals surface area (Å²) in [6.07, 6.45) is -3.87. The molecular formula is C20H22F3N3O5S. The third-order valence-electron chi connectivity index (χ3n) is 4.30. The molecule has 0 aliphatic heterocycles. The van der Waals surface area contributed by atoms with E-state index in [1.165, 1.54) is 20.3 Å². The van der Waals surface area contributed by atoms with Crippen LogP contribution in [0.3, 0.4) is 0 Å². The molecule has 0 saturated heterocycles. The number of carbonyl (C=O) groups is 1. The van der Waals surface area contributed by atoms with E-state index in [0.717, 1.165) is 18.4 Å². The molecule has 0 aliphatic carbocycles. The Hall–Kier alpha value is -3.28. The molecule has 0 aliphatic rings. The predicted molar refractivity (Wildman–Crippen MR) is 114 cm³/mol. The highest BCUT2D eigenvalue weighted by Gasteiger charge is 2.32. The molecule has 1 amide bonds. The summed E-state index contributed by atoms with van der Waals surface area (Å²) < 4.78 is 74.1. The zero-order chi connectivity index (χ0) is 24.1. The van der Waals surface area contributed by atoms with Crippen LogP contribution in [0, 0.1) is 0 Å². The van der Waals surface area contributed by atoms with Crippen LogP contribution in [-0.2, 0) is 21.0 Å². The van der Waals surface area contributed by atoms with Crippen LogP contribution >= 0.6 is 0 Å². The first-order chi connectivity index (χ1) is 14.9. The van der Waals surface area contributed by atoms with Crippen LogP contribution in [0.4, 0.5) is 18.9 Å². The number of carbonyl (C=O) groups excluding carboxylic acids is 1. The SMILES string of the molecule is COc1ccc(/C(C)=N\NC(=O)CN(c2cccc(C(F)(F)F)c2)S(C)(=O)=O)cc1OC. The summed E-state index contributed by atoms with van der Waals surface area (Å²) in [7, 11) is -1.11. The van der Waals surface area contributed by atoms with E-state index in [4.69, 9.17) is 9.47 Å². The highest BCUT2D eigenvalue weighted by Crippen LogP contribution is 2.32. The van der Waals surface area contributed by atoms with Gasteiger partial charge in [0.25, 0.3) is 5.91 Å². The Morgan fingerprint density at radius 2 is 1.75 bits per heavy atom. The monoisotopic (exact) mass is 473 g/mol. The number of hydrogen-bond acceptors (Lipinski definition) is 6. The van der Waals surface area contributed by atoms with E-state index >= 15 is 0 Å². The smallest absolute Gasteiger partial charge is 0.416 e. The molecule has 0 spiro atoms. The summed E-state index contributed by atoms with van der Waals surface area (Å²) in [6, 6.07) is 8.66. The predicted octanol–water partition coefficient (Wildman–Crippen LogP) is 3.03. The molecule has 0 atom stereocenters. The molecule has 8 nitrogen and oxygen atoms in total. The van der Waals surface area contributed by atoms with Crippen molar-refractivity contribution in [3.8, 4) is 11.5 Å². The summed E-state index contributed by atoms with van der Waals surface area (Å²) in [6.45, 7) is 0.839. The average Bonchev–Trinajstić information content (AvgIpc) is 2.73. The Labute approximate surface area is 183 Å². The first-order valence-corrected chi connectivity index (χ1v) is 10.9. The number of nitrogens with zero attached hydrogens (tertiary/aromatic N) is 2. The third-order valence-corrected chi connectivity index (χ3v) is 5.44. The van der Waals surface area contributed by atoms with Crippen molar-refractivity contribution in [1.82, 2.24) is 5.43 Å². The van der Waals surface area contributed by atoms with Crippen molar-refractivity contribution in [2.24, 2.45) is 5.10 Å². The Morgan fingerprint density at radius 1 is 1.09 bits per heavy atom. The molecule has 0 unspecified atom stereocenters. The quantitative estimate of drug-likeness (QED) is 0.470. The molecule has 2 aromatic carbocycles. The lowest BCUT2D eigenvalue weighted by atomic mass is 10.1. The molecular weight excluding hydrogens is 451 g/mol. The molecule has 12 heteroatoms. The van der Waals surface area contributed by atoms with E-state index in [1.54, 1.807) is 25.1 Å². The standard InChI is InChI=1S/C20H22F3N3O5S/c1-13(14-8-9-17(30-2)18(10-14)31-3)24-25-19(27)12-26(32(4,28)29)16-7-5-6-15(11-16)20(21,22)23/h5-11H,12H2,1-4H3,(H,25,27)/b24-13-. The van der Waals surface area contributed by atoms with Crippen LogP contribution in [0.5, 0.6) is 11.5 Å². The topological polar surface area (TPSA) is 97.3 Å². The lowest BCUT2D eigenvalue weighted by molar-refractivity contribution is -0.137. The minimum absolute atomic E-state index is 0.293. The summed E-state index contributed by atoms with van der Waals surface area (Å²) in [5, 5.41) is 3.93. The van der Waals surface area contributed by atoms with Gasteiger partial charge in [0.05, 0.1) is 37.4 Å². The van der Waals surface area contributed by atoms with Crippen molar-refractivity contribution in [3.63, 3.8) is 0 Å². The summed E-state index contributed by atoms with van der Waals surface area (Å²) in [5.41, 5.74) is 1.86. The molecule has 0 radical (unpaired) electrons. The molecule has 0 bridgehead atoms. The number of sulfonamides is 1. The second-order valence-electron chi connectivity index (χ2n) is 6.62. The largest absolute Gasteiger partial charge is 0.493 e. The average molecular weight is 473 g/mol. The molecule has 32 heavy (non-hydrogen) atoms. The van der Waals surface area contributed by atoms with Gasteiger partial charge in [-0.2, -0.15) is 18.3 Å². The van der Waals surface area contributed by atoms with Gasteiger partial charge < -0.3 is 9.47 Å². The summed E-state index contributed by atoms with van der Waals surface area (Å²) in [5.74, 6) is 0.101. The van der Waals surface area contributed by atoms with Crippen LogP contribution < -0.4 is 19.2 Å². The number of hydrogen-bond donors (Lipinski definition) is 1. The van der Waals surface area contributed by atoms with Gasteiger partial charge in [0.1, 0.15) is 6.54 Å². The number of anilines is 1. The minimum Gasteiger partial charge on any atom is -0.493 e. The number of rotatable bonds is 8. The van der Waals surface area contributed by atoms with Crippen molar-refractivity contribution in [3.05, 3.63) is 53.6 Å². The van der Waals surface area contributed by atoms with E-state index in [1.807, 2.05) is 0 Å². The molecule has 2 aromatic rings. The van der Waals surface area contributed by atoms with Gasteiger partial charge in [-0.15, -0.1) is 0 Å². The zero-order valence-electron chi connectivity index (χ0n) is 17.7. The van der Waals surface area contributed by atoms with Gasteiger partial charge in [0, 0.05) is 5.56 Å². The maximum atomic E-state index is 13.0. The number of hydrazone groups is 1. The van der Waals surface area contributed by atoms with Gasteiger partial charge in [-0.1, -0.05) is 6.07 Å². The second-order valence-corrected chi connectivity index (χ2v) is 8.53. The maximum Gasteiger partial charge on any atom is 0.416 e. The maximum absolute atomic E-state index is 13.0. The van der Waals surface area contributed by atoms with Crippen LogP contribution in [0.25, 0.3) is 0 Å². The van der Waals surface area contributed by atoms with Crippen molar-refractivity contribution < 1.29 is 35.9 Å². The third kappa shape index (κ3) is 6.36. The zero-order valence-corrected chi connectivity index (χ0v) is 18.5. The molecule has 1 N–H and O–H groups in total. The molecule has 0 saturated carbocycles. The number of alkyl halides is 3. The van der Waals surface area contributed by atoms with Gasteiger partial charge in [0.15, 0.2) is 11.5 Å². The number of benzene rings is 2. The molecule has 0 fully saturated rings. The fourth-order valence-corrected chi connectivity index (χ4v) is 3.52. The number of nitrogens with one attached hydrogen (secondary N) is 1. The van der Waals surface area contributed by atoms with Crippen molar-refractivity contribution in [2.75, 3.05) is 31.3 Å². The van der Waals surface area contributed by atoms with E-state index in [0.29, 0.717) is 33.1 Å². The van der Waals surface area contributed by atoms with Crippen LogP contribution in [0.2, 0.25) is 0 Å². The molecule has 0 heterocycles. The molecule has 0 aromatic heterocycles. The van der Waals surface area contributed by atoms with Gasteiger partial charge in [-0.25, -0.2) is 13.8 Å². The van der Waals surface area contributed by atoms with E-state index < -0.39 is 34.2 Å². The van der Waals surface area contributed by atoms with Gasteiger partial charge >= 0.3 is 6.18 Å². The lowest BCUT2D eigenvalue weighted by Crippen LogP contribution is -2.39. The van der Waals surface area contributed by atoms with Crippen molar-refractivity contribution in [2.45, 2.75) is 13.1 Å². The van der Waals surface area contributed by atoms with Gasteiger partial charge in [0.2, 0.25) is 10.0 Å². The van der Waals surface area contributed by atoms with E-state index in [2.05, 4.69) is 10.5 Å². The highest BCUT2D eigenvalue weighted by atomic mass is 32.2. The number of amides is 1. The van der Waals surface area contributed by atoms with E-state index in [-0.39, 0.29) is 5.69 Å². The highest BCUT2D eigenvalue weighted by molar-refractivity contribution is 7.92. The summed E-state index contributed by atoms with van der Waals surface area (Å²) >= 11 is 0. The molecule has 174 valence electrons. The van der Waals surface area contributed by atoms with E-state index in [9.17, 15) is 26.4 Å². The van der Waals surface area contributed by atoms with Crippen LogP contribution in [0.1, 0.15) is 18.1 Å². The first-order valence-electron chi connectivity index (χ1n) is 9.07. The Balaban J connectivity index is 2.22. The minimum atomic E-state index is -4.66. The summed E-state index contributed by atoms with van der Waals surface area (Å²) in [4.78, 5) is 12.3. The Kier molecular flexibility index (Phi) is 7.73. The van der Waals surface area contributed by atoms with Crippen LogP contribution in [-0.4, -0.2) is 47.1 Å². The van der Waals surface area contributed by atoms with Crippen LogP contribution in [0.15, 0.2) is 47.6 Å². The van der Waals surface area contributed by atoms with Crippen molar-refractivity contribution >= 4 is 27.3 Å². The lowest BCUT2D eigenvalue weighted by Gasteiger charge is -2.22. The van der Waals surface area contributed by atoms with Gasteiger partial charge in [-0.3, -0.25) is 9.10 Å². The fraction of sp³-hybridized carbons (Fsp3) is 0.300. The Morgan fingerprint density at radius 3 is 2.31 bits per heavy atom. The first kappa shape index (κ1) is 25.0. The number of halogens is 3. The fourth-order valence-electron chi connectivity index (χ4n) is 2.68. The van der Waals surface area contributed by atoms with Gasteiger partial charge in [-0.05, 0) is 43.3 Å². The second kappa shape index (κ2) is 9.90. The van der Waals surface area contributed by atoms with Crippen molar-refractivity contribution in [1.29, 1.82) is 0 Å². The number of methoxy groups -OCH3 is 2. The number of ether oxygens (including phenoxy) is 2. The normalized spacial score (nSPS) is 12.3. The molecule has 2 rings (SSSR count).